The van der Waals surface area contributed by atoms with Crippen LogP contribution < -0.4 is 9.80 Å². The van der Waals surface area contributed by atoms with Gasteiger partial charge in [-0.15, -0.1) is 11.3 Å². The summed E-state index contributed by atoms with van der Waals surface area (Å²) in [7, 11) is 1.84. The number of fused-ring (bicyclic) bond motifs is 1. The number of carbonyl (C=O) groups is 1. The maximum Gasteiger partial charge on any atom is 0.246 e. The van der Waals surface area contributed by atoms with Crippen LogP contribution in [0.5, 0.6) is 0 Å². The third kappa shape index (κ3) is 3.34. The summed E-state index contributed by atoms with van der Waals surface area (Å²) in [5, 5.41) is 4.87. The highest BCUT2D eigenvalue weighted by Gasteiger charge is 2.28. The molecule has 1 aromatic carbocycles. The van der Waals surface area contributed by atoms with Crippen molar-refractivity contribution in [2.75, 3.05) is 29.4 Å². The lowest BCUT2D eigenvalue weighted by molar-refractivity contribution is -0.117. The van der Waals surface area contributed by atoms with E-state index in [-0.39, 0.29) is 12.5 Å². The summed E-state index contributed by atoms with van der Waals surface area (Å²) in [5.41, 5.74) is 2.79. The minimum atomic E-state index is 0.0329. The number of halogens is 1. The molecule has 0 radical (unpaired) electrons. The van der Waals surface area contributed by atoms with Crippen molar-refractivity contribution in [2.45, 2.75) is 0 Å². The molecule has 1 amide bonds. The largest absolute Gasteiger partial charge is 0.344 e. The van der Waals surface area contributed by atoms with Crippen LogP contribution in [0, 0.1) is 0 Å². The number of aryl methyl sites for hydroxylation is 1. The molecule has 146 valence electrons. The molecule has 1 aliphatic heterocycles. The number of anilines is 2. The molecule has 0 spiro atoms. The van der Waals surface area contributed by atoms with Crippen LogP contribution in [0.4, 0.5) is 11.5 Å². The minimum absolute atomic E-state index is 0.0329. The van der Waals surface area contributed by atoms with Gasteiger partial charge < -0.3 is 9.80 Å². The van der Waals surface area contributed by atoms with Gasteiger partial charge in [0, 0.05) is 36.2 Å². The monoisotopic (exact) mass is 424 g/mol. The van der Waals surface area contributed by atoms with E-state index in [0.29, 0.717) is 18.1 Å². The molecule has 9 heteroatoms. The normalized spacial score (nSPS) is 14.8. The summed E-state index contributed by atoms with van der Waals surface area (Å²) in [6.45, 7) is 1.56. The predicted octanol–water partition coefficient (Wildman–Crippen LogP) is 3.60. The molecule has 0 unspecified atom stereocenters. The van der Waals surface area contributed by atoms with E-state index in [9.17, 15) is 4.79 Å². The number of benzene rings is 1. The van der Waals surface area contributed by atoms with Crippen molar-refractivity contribution in [2.24, 2.45) is 7.05 Å². The van der Waals surface area contributed by atoms with Crippen LogP contribution in [0.15, 0.2) is 49.1 Å². The number of amides is 1. The first-order chi connectivity index (χ1) is 14.1. The SMILES string of the molecule is Cn1cc(N2CCN(c3ncnc4cc(-c5ccc(Cl)cc5)sc34)CC2=O)cn1. The van der Waals surface area contributed by atoms with Crippen LogP contribution in [-0.4, -0.2) is 45.3 Å². The molecule has 1 aliphatic rings. The van der Waals surface area contributed by atoms with Gasteiger partial charge in [0.1, 0.15) is 6.33 Å². The topological polar surface area (TPSA) is 67.2 Å². The molecule has 4 aromatic rings. The Morgan fingerprint density at radius 1 is 1.14 bits per heavy atom. The highest BCUT2D eigenvalue weighted by molar-refractivity contribution is 7.22. The van der Waals surface area contributed by atoms with Crippen LogP contribution in [0.25, 0.3) is 20.7 Å². The Bertz CT molecular complexity index is 1200. The van der Waals surface area contributed by atoms with Crippen LogP contribution in [0.2, 0.25) is 5.02 Å². The Morgan fingerprint density at radius 3 is 2.69 bits per heavy atom. The van der Waals surface area contributed by atoms with E-state index in [1.165, 1.54) is 0 Å². The maximum atomic E-state index is 12.8. The summed E-state index contributed by atoms with van der Waals surface area (Å²) in [4.78, 5) is 26.6. The highest BCUT2D eigenvalue weighted by atomic mass is 35.5. The molecule has 0 saturated carbocycles. The lowest BCUT2D eigenvalue weighted by Gasteiger charge is -2.34. The van der Waals surface area contributed by atoms with E-state index in [4.69, 9.17) is 11.6 Å². The summed E-state index contributed by atoms with van der Waals surface area (Å²) in [5.74, 6) is 0.838. The second-order valence-corrected chi connectivity index (χ2v) is 8.36. The van der Waals surface area contributed by atoms with Gasteiger partial charge in [-0.2, -0.15) is 5.10 Å². The van der Waals surface area contributed by atoms with Gasteiger partial charge in [0.25, 0.3) is 0 Å². The number of hydrogen-bond donors (Lipinski definition) is 0. The molecular formula is C20H17ClN6OS. The molecule has 7 nitrogen and oxygen atoms in total. The zero-order valence-electron chi connectivity index (χ0n) is 15.6. The van der Waals surface area contributed by atoms with Crippen molar-refractivity contribution in [3.05, 3.63) is 54.1 Å². The maximum absolute atomic E-state index is 12.8. The third-order valence-corrected chi connectivity index (χ3v) is 6.37. The van der Waals surface area contributed by atoms with Gasteiger partial charge in [-0.1, -0.05) is 23.7 Å². The van der Waals surface area contributed by atoms with Crippen molar-refractivity contribution in [3.8, 4) is 10.4 Å². The average Bonchev–Trinajstić information content (AvgIpc) is 3.34. The standard InChI is InChI=1S/C20H17ClN6OS/c1-25-10-15(9-24-25)27-7-6-26(11-18(27)28)20-19-16(22-12-23-20)8-17(29-19)13-2-4-14(21)5-3-13/h2-5,8-10,12H,6-7,11H2,1H3. The van der Waals surface area contributed by atoms with Crippen molar-refractivity contribution < 1.29 is 4.79 Å². The molecule has 0 N–H and O–H groups in total. The third-order valence-electron chi connectivity index (χ3n) is 4.94. The first-order valence-corrected chi connectivity index (χ1v) is 10.3. The number of carbonyl (C=O) groups excluding carboxylic acids is 1. The zero-order valence-corrected chi connectivity index (χ0v) is 17.2. The Labute approximate surface area is 176 Å². The summed E-state index contributed by atoms with van der Waals surface area (Å²) >= 11 is 7.64. The van der Waals surface area contributed by atoms with E-state index >= 15 is 0 Å². The van der Waals surface area contributed by atoms with Crippen molar-refractivity contribution in [1.82, 2.24) is 19.7 Å². The van der Waals surface area contributed by atoms with E-state index < -0.39 is 0 Å². The van der Waals surface area contributed by atoms with Crippen LogP contribution in [0.3, 0.4) is 0 Å². The van der Waals surface area contributed by atoms with Crippen molar-refractivity contribution >= 4 is 50.6 Å². The van der Waals surface area contributed by atoms with E-state index in [0.717, 1.165) is 32.2 Å². The average molecular weight is 425 g/mol. The number of thiophene rings is 1. The van der Waals surface area contributed by atoms with Crippen molar-refractivity contribution in [1.29, 1.82) is 0 Å². The van der Waals surface area contributed by atoms with Crippen LogP contribution >= 0.6 is 22.9 Å². The first-order valence-electron chi connectivity index (χ1n) is 9.13. The second kappa shape index (κ2) is 7.13. The fourth-order valence-electron chi connectivity index (χ4n) is 3.50. The molecule has 4 heterocycles. The van der Waals surface area contributed by atoms with Gasteiger partial charge in [-0.25, -0.2) is 9.97 Å². The smallest absolute Gasteiger partial charge is 0.246 e. The molecule has 3 aromatic heterocycles. The molecule has 1 saturated heterocycles. The number of rotatable bonds is 3. The molecular weight excluding hydrogens is 408 g/mol. The number of aromatic nitrogens is 4. The summed E-state index contributed by atoms with van der Waals surface area (Å²) < 4.78 is 2.69. The van der Waals surface area contributed by atoms with Gasteiger partial charge in [0.15, 0.2) is 5.82 Å². The molecule has 0 bridgehead atoms. The van der Waals surface area contributed by atoms with Gasteiger partial charge in [0.05, 0.1) is 28.6 Å². The van der Waals surface area contributed by atoms with E-state index in [2.05, 4.69) is 21.1 Å². The minimum Gasteiger partial charge on any atom is -0.344 e. The summed E-state index contributed by atoms with van der Waals surface area (Å²) in [6, 6.07) is 9.81. The molecule has 5 rings (SSSR count). The predicted molar refractivity (Wildman–Crippen MR) is 116 cm³/mol. The second-order valence-electron chi connectivity index (χ2n) is 6.87. The molecule has 29 heavy (non-hydrogen) atoms. The van der Waals surface area contributed by atoms with Gasteiger partial charge in [-0.3, -0.25) is 9.48 Å². The van der Waals surface area contributed by atoms with Crippen molar-refractivity contribution in [3.63, 3.8) is 0 Å². The zero-order chi connectivity index (χ0) is 20.0. The Kier molecular flexibility index (Phi) is 4.44. The van der Waals surface area contributed by atoms with Gasteiger partial charge in [0.2, 0.25) is 5.91 Å². The van der Waals surface area contributed by atoms with Gasteiger partial charge >= 0.3 is 0 Å². The fraction of sp³-hybridized carbons (Fsp3) is 0.200. The molecule has 0 atom stereocenters. The van der Waals surface area contributed by atoms with E-state index in [1.807, 2.05) is 42.4 Å². The van der Waals surface area contributed by atoms with Crippen LogP contribution in [-0.2, 0) is 11.8 Å². The lowest BCUT2D eigenvalue weighted by Crippen LogP contribution is -2.50. The number of hydrogen-bond acceptors (Lipinski definition) is 6. The quantitative estimate of drug-likeness (QED) is 0.502. The lowest BCUT2D eigenvalue weighted by atomic mass is 10.2. The highest BCUT2D eigenvalue weighted by Crippen LogP contribution is 2.37. The Balaban J connectivity index is 1.45. The summed E-state index contributed by atoms with van der Waals surface area (Å²) in [6.07, 6.45) is 5.14. The molecule has 0 aliphatic carbocycles. The number of nitrogens with zero attached hydrogens (tertiary/aromatic N) is 6. The number of piperazine rings is 1. The Hall–Kier alpha value is -2.97. The molecule has 1 fully saturated rings. The first kappa shape index (κ1) is 18.1. The van der Waals surface area contributed by atoms with Gasteiger partial charge in [-0.05, 0) is 23.8 Å². The fourth-order valence-corrected chi connectivity index (χ4v) is 4.76. The van der Waals surface area contributed by atoms with Crippen LogP contribution in [0.1, 0.15) is 0 Å². The van der Waals surface area contributed by atoms with E-state index in [1.54, 1.807) is 33.4 Å². The Morgan fingerprint density at radius 2 is 1.97 bits per heavy atom.